The normalized spacial score (nSPS) is 11.6. The van der Waals surface area contributed by atoms with Crippen LogP contribution in [0.3, 0.4) is 0 Å². The van der Waals surface area contributed by atoms with E-state index in [1.807, 2.05) is 0 Å². The summed E-state index contributed by atoms with van der Waals surface area (Å²) in [4.78, 5) is 10.7. The van der Waals surface area contributed by atoms with Gasteiger partial charge in [-0.15, -0.1) is 11.6 Å². The molecule has 0 rings (SSSR count). The quantitative estimate of drug-likeness (QED) is 0.513. The van der Waals surface area contributed by atoms with Crippen molar-refractivity contribution in [3.63, 3.8) is 0 Å². The lowest BCUT2D eigenvalue weighted by Crippen LogP contribution is -2.23. The molecule has 0 saturated heterocycles. The lowest BCUT2D eigenvalue weighted by molar-refractivity contribution is -0.147. The maximum atomic E-state index is 10.7. The van der Waals surface area contributed by atoms with E-state index in [2.05, 4.69) is 0 Å². The highest BCUT2D eigenvalue weighted by Gasteiger charge is 2.25. The highest BCUT2D eigenvalue weighted by molar-refractivity contribution is 6.17. The molecule has 0 amide bonds. The van der Waals surface area contributed by atoms with Gasteiger partial charge in [-0.1, -0.05) is 19.3 Å². The number of hydrogen-bond donors (Lipinski definition) is 1. The molecule has 0 saturated carbocycles. The summed E-state index contributed by atoms with van der Waals surface area (Å²) in [7, 11) is 0. The van der Waals surface area contributed by atoms with Crippen molar-refractivity contribution in [3.05, 3.63) is 0 Å². The summed E-state index contributed by atoms with van der Waals surface area (Å²) >= 11 is 5.53. The van der Waals surface area contributed by atoms with Crippen molar-refractivity contribution in [2.45, 2.75) is 46.0 Å². The number of halogens is 1. The zero-order valence-corrected chi connectivity index (χ0v) is 9.23. The summed E-state index contributed by atoms with van der Waals surface area (Å²) < 4.78 is 0. The average Bonchev–Trinajstić information content (AvgIpc) is 2.03. The van der Waals surface area contributed by atoms with E-state index in [9.17, 15) is 4.79 Å². The van der Waals surface area contributed by atoms with Crippen molar-refractivity contribution in [2.24, 2.45) is 5.41 Å². The van der Waals surface area contributed by atoms with E-state index >= 15 is 0 Å². The zero-order valence-electron chi connectivity index (χ0n) is 8.48. The first-order chi connectivity index (χ1) is 6.00. The Morgan fingerprint density at radius 1 is 1.23 bits per heavy atom. The van der Waals surface area contributed by atoms with Crippen LogP contribution in [-0.2, 0) is 4.79 Å². The van der Waals surface area contributed by atoms with Gasteiger partial charge in [-0.05, 0) is 26.7 Å². The van der Waals surface area contributed by atoms with Gasteiger partial charge in [0.15, 0.2) is 0 Å². The smallest absolute Gasteiger partial charge is 0.309 e. The fourth-order valence-electron chi connectivity index (χ4n) is 1.12. The molecule has 3 heteroatoms. The molecular formula is C10H19ClO2. The van der Waals surface area contributed by atoms with Gasteiger partial charge in [-0.2, -0.15) is 0 Å². The van der Waals surface area contributed by atoms with Crippen LogP contribution in [-0.4, -0.2) is 17.0 Å². The van der Waals surface area contributed by atoms with Crippen LogP contribution >= 0.6 is 11.6 Å². The van der Waals surface area contributed by atoms with Crippen LogP contribution in [0.25, 0.3) is 0 Å². The van der Waals surface area contributed by atoms with Gasteiger partial charge in [-0.3, -0.25) is 4.79 Å². The van der Waals surface area contributed by atoms with E-state index in [0.717, 1.165) is 32.1 Å². The second-order valence-corrected chi connectivity index (χ2v) is 4.42. The van der Waals surface area contributed by atoms with Gasteiger partial charge in [0.1, 0.15) is 0 Å². The van der Waals surface area contributed by atoms with Gasteiger partial charge in [0.25, 0.3) is 0 Å². The highest BCUT2D eigenvalue weighted by Crippen LogP contribution is 2.23. The predicted molar refractivity (Wildman–Crippen MR) is 55.2 cm³/mol. The van der Waals surface area contributed by atoms with Crippen molar-refractivity contribution in [2.75, 3.05) is 5.88 Å². The topological polar surface area (TPSA) is 37.3 Å². The predicted octanol–water partition coefficient (Wildman–Crippen LogP) is 3.29. The fraction of sp³-hybridized carbons (Fsp3) is 0.900. The molecule has 0 aromatic carbocycles. The Labute approximate surface area is 85.3 Å². The lowest BCUT2D eigenvalue weighted by atomic mass is 9.87. The number of rotatable bonds is 7. The van der Waals surface area contributed by atoms with Gasteiger partial charge in [0, 0.05) is 5.88 Å². The third-order valence-corrected chi connectivity index (χ3v) is 2.53. The first kappa shape index (κ1) is 12.8. The molecule has 0 fully saturated rings. The van der Waals surface area contributed by atoms with E-state index in [1.54, 1.807) is 13.8 Å². The third-order valence-electron chi connectivity index (χ3n) is 2.26. The minimum Gasteiger partial charge on any atom is -0.481 e. The minimum absolute atomic E-state index is 0.568. The molecule has 0 unspecified atom stereocenters. The Morgan fingerprint density at radius 3 is 2.23 bits per heavy atom. The second-order valence-electron chi connectivity index (χ2n) is 4.04. The number of carboxylic acid groups (broad SMARTS) is 1. The molecule has 13 heavy (non-hydrogen) atoms. The SMILES string of the molecule is CC(C)(CCCCCCCl)C(=O)O. The van der Waals surface area contributed by atoms with Crippen LogP contribution in [0.5, 0.6) is 0 Å². The molecule has 0 radical (unpaired) electrons. The highest BCUT2D eigenvalue weighted by atomic mass is 35.5. The summed E-state index contributed by atoms with van der Waals surface area (Å²) in [5.41, 5.74) is -0.568. The maximum absolute atomic E-state index is 10.7. The monoisotopic (exact) mass is 206 g/mol. The molecule has 0 aromatic rings. The Morgan fingerprint density at radius 2 is 1.77 bits per heavy atom. The Balaban J connectivity index is 3.46. The maximum Gasteiger partial charge on any atom is 0.309 e. The van der Waals surface area contributed by atoms with Crippen molar-refractivity contribution < 1.29 is 9.90 Å². The fourth-order valence-corrected chi connectivity index (χ4v) is 1.31. The number of carbonyl (C=O) groups is 1. The zero-order chi connectivity index (χ0) is 10.3. The summed E-state index contributed by atoms with van der Waals surface area (Å²) in [5, 5.41) is 8.82. The molecule has 0 heterocycles. The van der Waals surface area contributed by atoms with Crippen molar-refractivity contribution in [1.82, 2.24) is 0 Å². The molecule has 0 bridgehead atoms. The van der Waals surface area contributed by atoms with Crippen molar-refractivity contribution in [3.8, 4) is 0 Å². The van der Waals surface area contributed by atoms with Gasteiger partial charge in [-0.25, -0.2) is 0 Å². The summed E-state index contributed by atoms with van der Waals surface area (Å²) in [6.45, 7) is 3.55. The number of carboxylic acids is 1. The van der Waals surface area contributed by atoms with E-state index in [1.165, 1.54) is 0 Å². The lowest BCUT2D eigenvalue weighted by Gasteiger charge is -2.18. The molecule has 2 nitrogen and oxygen atoms in total. The summed E-state index contributed by atoms with van der Waals surface area (Å²) in [6.07, 6.45) is 4.97. The van der Waals surface area contributed by atoms with Crippen molar-refractivity contribution in [1.29, 1.82) is 0 Å². The van der Waals surface area contributed by atoms with Crippen LogP contribution in [0.15, 0.2) is 0 Å². The minimum atomic E-state index is -0.704. The van der Waals surface area contributed by atoms with Gasteiger partial charge < -0.3 is 5.11 Å². The van der Waals surface area contributed by atoms with E-state index in [-0.39, 0.29) is 0 Å². The molecule has 0 spiro atoms. The van der Waals surface area contributed by atoms with Gasteiger partial charge in [0.2, 0.25) is 0 Å². The number of alkyl halides is 1. The van der Waals surface area contributed by atoms with Crippen LogP contribution in [0.1, 0.15) is 46.0 Å². The van der Waals surface area contributed by atoms with Crippen LogP contribution in [0.4, 0.5) is 0 Å². The Kier molecular flexibility index (Phi) is 6.13. The second kappa shape index (κ2) is 6.25. The van der Waals surface area contributed by atoms with Crippen LogP contribution in [0, 0.1) is 5.41 Å². The Hall–Kier alpha value is -0.240. The van der Waals surface area contributed by atoms with Crippen LogP contribution in [0.2, 0.25) is 0 Å². The molecule has 78 valence electrons. The first-order valence-corrected chi connectivity index (χ1v) is 5.33. The van der Waals surface area contributed by atoms with E-state index in [0.29, 0.717) is 5.88 Å². The number of aliphatic carboxylic acids is 1. The molecule has 0 aliphatic heterocycles. The third kappa shape index (κ3) is 5.92. The van der Waals surface area contributed by atoms with Crippen molar-refractivity contribution >= 4 is 17.6 Å². The number of hydrogen-bond acceptors (Lipinski definition) is 1. The number of unbranched alkanes of at least 4 members (excludes halogenated alkanes) is 3. The van der Waals surface area contributed by atoms with E-state index < -0.39 is 11.4 Å². The molecule has 0 aliphatic carbocycles. The molecule has 0 aliphatic rings. The molecular weight excluding hydrogens is 188 g/mol. The van der Waals surface area contributed by atoms with Crippen LogP contribution < -0.4 is 0 Å². The molecule has 0 atom stereocenters. The molecule has 0 aromatic heterocycles. The average molecular weight is 207 g/mol. The first-order valence-electron chi connectivity index (χ1n) is 4.80. The Bertz CT molecular complexity index is 155. The van der Waals surface area contributed by atoms with Gasteiger partial charge in [0.05, 0.1) is 5.41 Å². The summed E-state index contributed by atoms with van der Waals surface area (Å²) in [6, 6.07) is 0. The largest absolute Gasteiger partial charge is 0.481 e. The summed E-state index contributed by atoms with van der Waals surface area (Å²) in [5.74, 6) is 0.00679. The standard InChI is InChI=1S/C10H19ClO2/c1-10(2,9(12)13)7-5-3-4-6-8-11/h3-8H2,1-2H3,(H,12,13). The van der Waals surface area contributed by atoms with E-state index in [4.69, 9.17) is 16.7 Å². The molecule has 1 N–H and O–H groups in total. The van der Waals surface area contributed by atoms with Gasteiger partial charge >= 0.3 is 5.97 Å².